The fraction of sp³-hybridized carbons (Fsp3) is 0.417. The van der Waals surface area contributed by atoms with E-state index in [1.807, 2.05) is 0 Å². The minimum absolute atomic E-state index is 0.0835. The Bertz CT molecular complexity index is 874. The molecule has 0 spiro atoms. The zero-order valence-corrected chi connectivity index (χ0v) is 17.7. The normalized spacial score (nSPS) is 18.0. The Morgan fingerprint density at radius 1 is 1.10 bits per heavy atom. The van der Waals surface area contributed by atoms with Crippen LogP contribution in [0.15, 0.2) is 59.6 Å². The van der Waals surface area contributed by atoms with Crippen LogP contribution in [0, 0.1) is 0 Å². The van der Waals surface area contributed by atoms with Gasteiger partial charge in [-0.3, -0.25) is 4.79 Å². The minimum Gasteiger partial charge on any atom is -0.360 e. The summed E-state index contributed by atoms with van der Waals surface area (Å²) < 4.78 is 0. The number of nitrogens with zero attached hydrogens (tertiary/aromatic N) is 2. The van der Waals surface area contributed by atoms with Crippen LogP contribution in [0.4, 0.5) is 5.69 Å². The molecule has 1 saturated carbocycles. The second-order valence-electron chi connectivity index (χ2n) is 8.13. The number of amides is 1. The van der Waals surface area contributed by atoms with Crippen LogP contribution in [0.3, 0.4) is 0 Å². The first-order chi connectivity index (χ1) is 14.7. The van der Waals surface area contributed by atoms with Crippen LogP contribution in [0.2, 0.25) is 0 Å². The Balaban J connectivity index is 1.35. The quantitative estimate of drug-likeness (QED) is 0.489. The highest BCUT2D eigenvalue weighted by molar-refractivity contribution is 5.82. The molecule has 1 amide bonds. The number of piperazine rings is 1. The maximum Gasteiger partial charge on any atom is 0.239 e. The largest absolute Gasteiger partial charge is 0.360 e. The number of aliphatic imine (C=N–C) groups is 1. The summed E-state index contributed by atoms with van der Waals surface area (Å²) in [6.45, 7) is 6.42. The molecule has 1 heterocycles. The fourth-order valence-electron chi connectivity index (χ4n) is 3.95. The van der Waals surface area contributed by atoms with E-state index in [9.17, 15) is 4.79 Å². The van der Waals surface area contributed by atoms with Gasteiger partial charge in [-0.15, -0.1) is 0 Å². The number of nitrogens with one attached hydrogen (secondary N) is 3. The number of anilines is 1. The average molecular weight is 406 g/mol. The second kappa shape index (κ2) is 9.20. The van der Waals surface area contributed by atoms with Crippen molar-refractivity contribution in [2.75, 3.05) is 37.6 Å². The SMILES string of the molecule is CCNC(=NCc1ccc(N2CCNC(=O)C2)cc1)NCC1(c2ccccc2)CC1. The number of carbonyl (C=O) groups excluding carboxylic acids is 1. The van der Waals surface area contributed by atoms with Gasteiger partial charge in [0, 0.05) is 37.3 Å². The Labute approximate surface area is 178 Å². The van der Waals surface area contributed by atoms with Crippen LogP contribution in [-0.4, -0.2) is 44.6 Å². The van der Waals surface area contributed by atoms with E-state index in [1.54, 1.807) is 0 Å². The van der Waals surface area contributed by atoms with Crippen molar-refractivity contribution in [1.29, 1.82) is 0 Å². The zero-order chi connectivity index (χ0) is 20.8. The van der Waals surface area contributed by atoms with Gasteiger partial charge in [-0.2, -0.15) is 0 Å². The van der Waals surface area contributed by atoms with Gasteiger partial charge in [0.05, 0.1) is 13.1 Å². The molecule has 1 saturated heterocycles. The van der Waals surface area contributed by atoms with Gasteiger partial charge in [0.15, 0.2) is 5.96 Å². The number of benzene rings is 2. The molecule has 158 valence electrons. The third-order valence-corrected chi connectivity index (χ3v) is 5.94. The molecular weight excluding hydrogens is 374 g/mol. The Morgan fingerprint density at radius 3 is 2.53 bits per heavy atom. The molecule has 0 bridgehead atoms. The molecule has 0 unspecified atom stereocenters. The predicted octanol–water partition coefficient (Wildman–Crippen LogP) is 2.41. The molecule has 3 N–H and O–H groups in total. The molecule has 2 aliphatic rings. The van der Waals surface area contributed by atoms with Crippen molar-refractivity contribution in [3.05, 3.63) is 65.7 Å². The van der Waals surface area contributed by atoms with E-state index in [1.165, 1.54) is 18.4 Å². The third-order valence-electron chi connectivity index (χ3n) is 5.94. The van der Waals surface area contributed by atoms with E-state index in [0.29, 0.717) is 19.6 Å². The molecule has 0 aromatic heterocycles. The maximum absolute atomic E-state index is 11.6. The van der Waals surface area contributed by atoms with Crippen molar-refractivity contribution >= 4 is 17.6 Å². The van der Waals surface area contributed by atoms with Crippen molar-refractivity contribution in [1.82, 2.24) is 16.0 Å². The molecule has 1 aliphatic carbocycles. The summed E-state index contributed by atoms with van der Waals surface area (Å²) in [6, 6.07) is 19.1. The molecule has 6 heteroatoms. The molecule has 2 fully saturated rings. The summed E-state index contributed by atoms with van der Waals surface area (Å²) in [5, 5.41) is 9.77. The molecule has 0 atom stereocenters. The lowest BCUT2D eigenvalue weighted by Crippen LogP contribution is -2.47. The highest BCUT2D eigenvalue weighted by Crippen LogP contribution is 2.47. The van der Waals surface area contributed by atoms with Crippen LogP contribution in [0.1, 0.15) is 30.9 Å². The summed E-state index contributed by atoms with van der Waals surface area (Å²) in [4.78, 5) is 18.5. The fourth-order valence-corrected chi connectivity index (χ4v) is 3.95. The standard InChI is InChI=1S/C24H31N5O/c1-2-25-23(28-18-24(12-13-24)20-6-4-3-5-7-20)27-16-19-8-10-21(11-9-19)29-15-14-26-22(30)17-29/h3-11H,2,12-18H2,1H3,(H,26,30)(H2,25,27,28). The Morgan fingerprint density at radius 2 is 1.87 bits per heavy atom. The third kappa shape index (κ3) is 4.93. The lowest BCUT2D eigenvalue weighted by molar-refractivity contribution is -0.120. The van der Waals surface area contributed by atoms with Gasteiger partial charge in [0.1, 0.15) is 0 Å². The first-order valence-corrected chi connectivity index (χ1v) is 10.9. The molecule has 0 radical (unpaired) electrons. The molecule has 6 nitrogen and oxygen atoms in total. The van der Waals surface area contributed by atoms with Gasteiger partial charge in [-0.25, -0.2) is 4.99 Å². The molecule has 4 rings (SSSR count). The van der Waals surface area contributed by atoms with Crippen LogP contribution < -0.4 is 20.9 Å². The van der Waals surface area contributed by atoms with Crippen LogP contribution in [0.25, 0.3) is 0 Å². The van der Waals surface area contributed by atoms with Crippen molar-refractivity contribution in [3.8, 4) is 0 Å². The Hall–Kier alpha value is -3.02. The number of hydrogen-bond donors (Lipinski definition) is 3. The lowest BCUT2D eigenvalue weighted by Gasteiger charge is -2.28. The topological polar surface area (TPSA) is 68.8 Å². The minimum atomic E-state index is 0.0835. The van der Waals surface area contributed by atoms with Gasteiger partial charge in [-0.1, -0.05) is 42.5 Å². The van der Waals surface area contributed by atoms with Crippen molar-refractivity contribution < 1.29 is 4.79 Å². The highest BCUT2D eigenvalue weighted by Gasteiger charge is 2.43. The lowest BCUT2D eigenvalue weighted by atomic mass is 9.96. The van der Waals surface area contributed by atoms with Crippen LogP contribution in [0.5, 0.6) is 0 Å². The van der Waals surface area contributed by atoms with Gasteiger partial charge in [-0.05, 0) is 43.0 Å². The summed E-state index contributed by atoms with van der Waals surface area (Å²) in [5.41, 5.74) is 3.90. The molecule has 1 aliphatic heterocycles. The monoisotopic (exact) mass is 405 g/mol. The van der Waals surface area contributed by atoms with Crippen molar-refractivity contribution in [2.45, 2.75) is 31.7 Å². The van der Waals surface area contributed by atoms with E-state index in [4.69, 9.17) is 4.99 Å². The Kier molecular flexibility index (Phi) is 6.21. The number of carbonyl (C=O) groups is 1. The molecule has 30 heavy (non-hydrogen) atoms. The summed E-state index contributed by atoms with van der Waals surface area (Å²) >= 11 is 0. The first-order valence-electron chi connectivity index (χ1n) is 10.9. The van der Waals surface area contributed by atoms with Crippen molar-refractivity contribution in [2.24, 2.45) is 4.99 Å². The van der Waals surface area contributed by atoms with E-state index >= 15 is 0 Å². The van der Waals surface area contributed by atoms with Gasteiger partial charge < -0.3 is 20.9 Å². The maximum atomic E-state index is 11.6. The van der Waals surface area contributed by atoms with Crippen LogP contribution >= 0.6 is 0 Å². The van der Waals surface area contributed by atoms with Crippen molar-refractivity contribution in [3.63, 3.8) is 0 Å². The van der Waals surface area contributed by atoms with Gasteiger partial charge >= 0.3 is 0 Å². The van der Waals surface area contributed by atoms with E-state index in [2.05, 4.69) is 82.4 Å². The van der Waals surface area contributed by atoms with E-state index < -0.39 is 0 Å². The van der Waals surface area contributed by atoms with Crippen LogP contribution in [-0.2, 0) is 16.8 Å². The van der Waals surface area contributed by atoms with E-state index in [-0.39, 0.29) is 11.3 Å². The first kappa shape index (κ1) is 20.3. The highest BCUT2D eigenvalue weighted by atomic mass is 16.2. The smallest absolute Gasteiger partial charge is 0.239 e. The summed E-state index contributed by atoms with van der Waals surface area (Å²) in [7, 11) is 0. The number of guanidine groups is 1. The summed E-state index contributed by atoms with van der Waals surface area (Å²) in [5.74, 6) is 0.941. The molecule has 2 aromatic rings. The average Bonchev–Trinajstić information content (AvgIpc) is 3.58. The van der Waals surface area contributed by atoms with E-state index in [0.717, 1.165) is 36.8 Å². The second-order valence-corrected chi connectivity index (χ2v) is 8.13. The number of rotatable bonds is 7. The van der Waals surface area contributed by atoms with Gasteiger partial charge in [0.2, 0.25) is 5.91 Å². The number of hydrogen-bond acceptors (Lipinski definition) is 3. The molecular formula is C24H31N5O. The zero-order valence-electron chi connectivity index (χ0n) is 17.7. The molecule has 2 aromatic carbocycles. The summed E-state index contributed by atoms with van der Waals surface area (Å²) in [6.07, 6.45) is 2.44. The van der Waals surface area contributed by atoms with Gasteiger partial charge in [0.25, 0.3) is 0 Å². The predicted molar refractivity (Wildman–Crippen MR) is 122 cm³/mol.